The van der Waals surface area contributed by atoms with Gasteiger partial charge in [0.2, 0.25) is 0 Å². The number of hydrogen-bond acceptors (Lipinski definition) is 2. The van der Waals surface area contributed by atoms with Crippen LogP contribution in [0.3, 0.4) is 0 Å². The summed E-state index contributed by atoms with van der Waals surface area (Å²) >= 11 is 0. The summed E-state index contributed by atoms with van der Waals surface area (Å²) in [7, 11) is 0. The molecule has 0 amide bonds. The fourth-order valence-corrected chi connectivity index (χ4v) is 2.85. The Morgan fingerprint density at radius 1 is 1.10 bits per heavy atom. The van der Waals surface area contributed by atoms with Crippen molar-refractivity contribution in [2.24, 2.45) is 0 Å². The van der Waals surface area contributed by atoms with Crippen LogP contribution >= 0.6 is 0 Å². The Kier molecular flexibility index (Phi) is 5.27. The van der Waals surface area contributed by atoms with Crippen LogP contribution in [0, 0.1) is 0 Å². The first-order valence-electron chi connectivity index (χ1n) is 7.50. The molecular weight excluding hydrogens is 277 g/mol. The van der Waals surface area contributed by atoms with Crippen molar-refractivity contribution in [3.63, 3.8) is 0 Å². The maximum Gasteiger partial charge on any atom is 0.416 e. The minimum Gasteiger partial charge on any atom is -0.312 e. The molecule has 1 heterocycles. The molecule has 1 N–H and O–H groups in total. The number of benzene rings is 1. The van der Waals surface area contributed by atoms with Gasteiger partial charge in [-0.3, -0.25) is 4.90 Å². The maximum absolute atomic E-state index is 13.0. The lowest BCUT2D eigenvalue weighted by molar-refractivity contribution is -0.138. The van der Waals surface area contributed by atoms with E-state index in [0.717, 1.165) is 25.9 Å². The lowest BCUT2D eigenvalue weighted by Crippen LogP contribution is -2.42. The summed E-state index contributed by atoms with van der Waals surface area (Å²) in [6.07, 6.45) is -2.36. The fraction of sp³-hybridized carbons (Fsp3) is 0.625. The number of alkyl halides is 3. The highest BCUT2D eigenvalue weighted by atomic mass is 19.4. The summed E-state index contributed by atoms with van der Waals surface area (Å²) in [6, 6.07) is 6.70. The molecule has 1 aromatic rings. The van der Waals surface area contributed by atoms with Gasteiger partial charge in [-0.05, 0) is 51.4 Å². The zero-order valence-electron chi connectivity index (χ0n) is 12.6. The highest BCUT2D eigenvalue weighted by molar-refractivity contribution is 5.29. The Hall–Kier alpha value is -1.07. The topological polar surface area (TPSA) is 15.3 Å². The van der Waals surface area contributed by atoms with E-state index in [1.54, 1.807) is 12.1 Å². The minimum absolute atomic E-state index is 0.370. The third-order valence-corrected chi connectivity index (χ3v) is 4.04. The van der Waals surface area contributed by atoms with Crippen molar-refractivity contribution in [1.82, 2.24) is 10.2 Å². The van der Waals surface area contributed by atoms with Crippen molar-refractivity contribution < 1.29 is 13.2 Å². The largest absolute Gasteiger partial charge is 0.416 e. The monoisotopic (exact) mass is 300 g/mol. The molecule has 1 aromatic carbocycles. The first kappa shape index (κ1) is 16.3. The van der Waals surface area contributed by atoms with E-state index in [2.05, 4.69) is 24.1 Å². The van der Waals surface area contributed by atoms with Crippen molar-refractivity contribution >= 4 is 0 Å². The summed E-state index contributed by atoms with van der Waals surface area (Å²) in [6.45, 7) is 6.28. The molecule has 2 atom stereocenters. The smallest absolute Gasteiger partial charge is 0.312 e. The third-order valence-electron chi connectivity index (χ3n) is 4.04. The summed E-state index contributed by atoms with van der Waals surface area (Å²) in [5.74, 6) is 0. The van der Waals surface area contributed by atoms with Crippen LogP contribution in [-0.4, -0.2) is 30.1 Å². The Morgan fingerprint density at radius 3 is 2.24 bits per heavy atom. The molecular formula is C16H23F3N2. The van der Waals surface area contributed by atoms with Gasteiger partial charge in [0.05, 0.1) is 5.56 Å². The van der Waals surface area contributed by atoms with E-state index in [1.807, 2.05) is 0 Å². The molecule has 2 unspecified atom stereocenters. The van der Waals surface area contributed by atoms with Crippen LogP contribution in [0.4, 0.5) is 13.2 Å². The highest BCUT2D eigenvalue weighted by Crippen LogP contribution is 2.32. The Bertz CT molecular complexity index is 447. The van der Waals surface area contributed by atoms with Gasteiger partial charge in [0, 0.05) is 18.6 Å². The second kappa shape index (κ2) is 6.79. The SMILES string of the molecule is CC1CCN(Cc2ccccc2C(F)(F)F)CCC(C)N1. The minimum atomic E-state index is -4.28. The van der Waals surface area contributed by atoms with E-state index < -0.39 is 11.7 Å². The van der Waals surface area contributed by atoms with E-state index in [-0.39, 0.29) is 0 Å². The number of hydrogen-bond donors (Lipinski definition) is 1. The van der Waals surface area contributed by atoms with Gasteiger partial charge >= 0.3 is 6.18 Å². The summed E-state index contributed by atoms with van der Waals surface area (Å²) < 4.78 is 39.1. The lowest BCUT2D eigenvalue weighted by Gasteiger charge is -2.31. The molecule has 5 heteroatoms. The van der Waals surface area contributed by atoms with Crippen molar-refractivity contribution in [2.75, 3.05) is 13.1 Å². The van der Waals surface area contributed by atoms with Gasteiger partial charge in [-0.1, -0.05) is 18.2 Å². The summed E-state index contributed by atoms with van der Waals surface area (Å²) in [4.78, 5) is 2.14. The quantitative estimate of drug-likeness (QED) is 0.896. The van der Waals surface area contributed by atoms with Crippen LogP contribution in [0.15, 0.2) is 24.3 Å². The standard InChI is InChI=1S/C16H23F3N2/c1-12-7-9-21(10-8-13(2)20-12)11-14-5-3-4-6-15(14)16(17,18)19/h3-6,12-13,20H,7-11H2,1-2H3. The first-order chi connectivity index (χ1) is 9.86. The normalized spacial score (nSPS) is 25.4. The zero-order valence-corrected chi connectivity index (χ0v) is 12.6. The molecule has 1 fully saturated rings. The van der Waals surface area contributed by atoms with Crippen LogP contribution < -0.4 is 5.32 Å². The van der Waals surface area contributed by atoms with Crippen LogP contribution in [-0.2, 0) is 12.7 Å². The van der Waals surface area contributed by atoms with E-state index in [1.165, 1.54) is 12.1 Å². The van der Waals surface area contributed by atoms with Crippen LogP contribution in [0.5, 0.6) is 0 Å². The zero-order chi connectivity index (χ0) is 15.5. The molecule has 0 spiro atoms. The van der Waals surface area contributed by atoms with E-state index in [0.29, 0.717) is 24.2 Å². The Balaban J connectivity index is 2.10. The van der Waals surface area contributed by atoms with E-state index in [9.17, 15) is 13.2 Å². The van der Waals surface area contributed by atoms with Gasteiger partial charge in [-0.25, -0.2) is 0 Å². The van der Waals surface area contributed by atoms with E-state index >= 15 is 0 Å². The van der Waals surface area contributed by atoms with Gasteiger partial charge in [0.25, 0.3) is 0 Å². The summed E-state index contributed by atoms with van der Waals surface area (Å²) in [5.41, 5.74) is -0.134. The van der Waals surface area contributed by atoms with Crippen LogP contribution in [0.25, 0.3) is 0 Å². The molecule has 0 aliphatic carbocycles. The van der Waals surface area contributed by atoms with Gasteiger partial charge in [0.15, 0.2) is 0 Å². The van der Waals surface area contributed by atoms with Crippen molar-refractivity contribution in [3.05, 3.63) is 35.4 Å². The highest BCUT2D eigenvalue weighted by Gasteiger charge is 2.33. The maximum atomic E-state index is 13.0. The van der Waals surface area contributed by atoms with Gasteiger partial charge in [0.1, 0.15) is 0 Å². The van der Waals surface area contributed by atoms with E-state index in [4.69, 9.17) is 0 Å². The van der Waals surface area contributed by atoms with Crippen molar-refractivity contribution in [2.45, 2.75) is 51.5 Å². The van der Waals surface area contributed by atoms with Gasteiger partial charge in [-0.15, -0.1) is 0 Å². The predicted molar refractivity (Wildman–Crippen MR) is 78.0 cm³/mol. The average Bonchev–Trinajstić information content (AvgIpc) is 2.39. The average molecular weight is 300 g/mol. The molecule has 0 radical (unpaired) electrons. The van der Waals surface area contributed by atoms with Gasteiger partial charge < -0.3 is 5.32 Å². The van der Waals surface area contributed by atoms with Gasteiger partial charge in [-0.2, -0.15) is 13.2 Å². The molecule has 1 aliphatic heterocycles. The third kappa shape index (κ3) is 4.71. The molecule has 118 valence electrons. The summed E-state index contributed by atoms with van der Waals surface area (Å²) in [5, 5.41) is 3.50. The van der Waals surface area contributed by atoms with Crippen molar-refractivity contribution in [3.8, 4) is 0 Å². The molecule has 0 aromatic heterocycles. The lowest BCUT2D eigenvalue weighted by atomic mass is 10.0. The predicted octanol–water partition coefficient (Wildman–Crippen LogP) is 3.67. The molecule has 1 saturated heterocycles. The molecule has 21 heavy (non-hydrogen) atoms. The Labute approximate surface area is 124 Å². The second-order valence-corrected chi connectivity index (χ2v) is 5.98. The fourth-order valence-electron chi connectivity index (χ4n) is 2.85. The van der Waals surface area contributed by atoms with Crippen LogP contribution in [0.1, 0.15) is 37.8 Å². The molecule has 2 rings (SSSR count). The Morgan fingerprint density at radius 2 is 1.67 bits per heavy atom. The first-order valence-corrected chi connectivity index (χ1v) is 7.50. The van der Waals surface area contributed by atoms with Crippen molar-refractivity contribution in [1.29, 1.82) is 0 Å². The number of nitrogens with one attached hydrogen (secondary N) is 1. The van der Waals surface area contributed by atoms with Crippen LogP contribution in [0.2, 0.25) is 0 Å². The molecule has 1 aliphatic rings. The number of rotatable bonds is 2. The molecule has 2 nitrogen and oxygen atoms in total. The molecule has 0 saturated carbocycles. The number of nitrogens with zero attached hydrogens (tertiary/aromatic N) is 1. The second-order valence-electron chi connectivity index (χ2n) is 5.98. The molecule has 0 bridgehead atoms. The number of halogens is 3.